The Morgan fingerprint density at radius 1 is 1.12 bits per heavy atom. The third-order valence-corrected chi connectivity index (χ3v) is 4.32. The van der Waals surface area contributed by atoms with E-state index in [2.05, 4.69) is 43.4 Å². The van der Waals surface area contributed by atoms with Crippen molar-refractivity contribution in [3.63, 3.8) is 0 Å². The van der Waals surface area contributed by atoms with Gasteiger partial charge in [-0.2, -0.15) is 0 Å². The molecule has 0 heterocycles. The molecule has 0 aromatic heterocycles. The molecule has 0 spiro atoms. The third kappa shape index (κ3) is 6.52. The Bertz CT molecular complexity index is 704. The molecule has 0 saturated carbocycles. The highest BCUT2D eigenvalue weighted by atomic mass is 35.5. The average molecular weight is 377 g/mol. The molecule has 4 nitrogen and oxygen atoms in total. The van der Waals surface area contributed by atoms with Gasteiger partial charge in [0.25, 0.3) is 0 Å². The number of halogens is 1. The molecule has 0 saturated heterocycles. The lowest BCUT2D eigenvalue weighted by atomic mass is 10.1. The van der Waals surface area contributed by atoms with Crippen molar-refractivity contribution in [1.29, 1.82) is 0 Å². The lowest BCUT2D eigenvalue weighted by Crippen LogP contribution is -2.21. The van der Waals surface area contributed by atoms with E-state index in [0.717, 1.165) is 37.2 Å². The summed E-state index contributed by atoms with van der Waals surface area (Å²) in [5.74, 6) is 1.25. The van der Waals surface area contributed by atoms with Crippen LogP contribution in [0.4, 0.5) is 0 Å². The average Bonchev–Trinajstić information content (AvgIpc) is 2.60. The van der Waals surface area contributed by atoms with Gasteiger partial charge in [-0.3, -0.25) is 0 Å². The molecule has 0 unspecified atom stereocenters. The third-order valence-electron chi connectivity index (χ3n) is 4.04. The summed E-state index contributed by atoms with van der Waals surface area (Å²) in [5, 5.41) is 4.01. The Morgan fingerprint density at radius 2 is 1.92 bits per heavy atom. The number of hydrogen-bond acceptors (Lipinski definition) is 4. The molecule has 5 heteroatoms. The molecule has 0 aliphatic carbocycles. The van der Waals surface area contributed by atoms with Gasteiger partial charge in [-0.1, -0.05) is 41.4 Å². The summed E-state index contributed by atoms with van der Waals surface area (Å²) >= 11 is 6.45. The zero-order chi connectivity index (χ0) is 18.9. The first-order valence-electron chi connectivity index (χ1n) is 8.90. The second-order valence-electron chi connectivity index (χ2n) is 6.72. The van der Waals surface area contributed by atoms with Crippen LogP contribution in [0.3, 0.4) is 0 Å². The van der Waals surface area contributed by atoms with E-state index in [1.807, 2.05) is 24.3 Å². The number of aryl methyl sites for hydroxylation is 1. The molecular weight excluding hydrogens is 348 g/mol. The van der Waals surface area contributed by atoms with Crippen molar-refractivity contribution in [3.05, 3.63) is 58.1 Å². The molecular formula is C21H29ClN2O2. The van der Waals surface area contributed by atoms with Crippen LogP contribution in [0.5, 0.6) is 11.5 Å². The van der Waals surface area contributed by atoms with E-state index in [1.54, 1.807) is 7.11 Å². The van der Waals surface area contributed by atoms with Gasteiger partial charge in [-0.15, -0.1) is 0 Å². The fourth-order valence-corrected chi connectivity index (χ4v) is 3.01. The number of hydrogen-bond donors (Lipinski definition) is 1. The van der Waals surface area contributed by atoms with E-state index >= 15 is 0 Å². The van der Waals surface area contributed by atoms with Gasteiger partial charge in [-0.25, -0.2) is 0 Å². The molecule has 0 aliphatic rings. The molecule has 142 valence electrons. The minimum absolute atomic E-state index is 0.458. The Hall–Kier alpha value is -1.75. The number of benzene rings is 2. The van der Waals surface area contributed by atoms with E-state index < -0.39 is 0 Å². The predicted octanol–water partition coefficient (Wildman–Crippen LogP) is 4.28. The van der Waals surface area contributed by atoms with E-state index in [-0.39, 0.29) is 0 Å². The van der Waals surface area contributed by atoms with Gasteiger partial charge in [0.05, 0.1) is 12.1 Å². The van der Waals surface area contributed by atoms with Crippen LogP contribution in [-0.4, -0.2) is 39.2 Å². The summed E-state index contributed by atoms with van der Waals surface area (Å²) in [6.07, 6.45) is 1.11. The van der Waals surface area contributed by atoms with Crippen LogP contribution in [-0.2, 0) is 13.2 Å². The van der Waals surface area contributed by atoms with Crippen LogP contribution in [0.15, 0.2) is 36.4 Å². The van der Waals surface area contributed by atoms with Crippen molar-refractivity contribution in [1.82, 2.24) is 10.2 Å². The number of nitrogens with one attached hydrogen (secondary N) is 1. The quantitative estimate of drug-likeness (QED) is 0.627. The predicted molar refractivity (Wildman–Crippen MR) is 108 cm³/mol. The van der Waals surface area contributed by atoms with Crippen molar-refractivity contribution in [2.75, 3.05) is 34.3 Å². The highest BCUT2D eigenvalue weighted by molar-refractivity contribution is 6.32. The summed E-state index contributed by atoms with van der Waals surface area (Å²) in [7, 11) is 5.81. The molecule has 2 aromatic carbocycles. The number of rotatable bonds is 10. The molecule has 0 bridgehead atoms. The number of methoxy groups -OCH3 is 1. The molecule has 2 aromatic rings. The molecule has 0 atom stereocenters. The maximum absolute atomic E-state index is 6.45. The standard InChI is InChI=1S/C21H29ClN2O2/c1-16-7-5-8-17(11-16)15-26-21-19(22)12-18(13-20(21)25-4)14-23-9-6-10-24(2)3/h5,7-8,11-13,23H,6,9-10,14-15H2,1-4H3. The van der Waals surface area contributed by atoms with Gasteiger partial charge in [0, 0.05) is 6.54 Å². The minimum Gasteiger partial charge on any atom is -0.493 e. The fraction of sp³-hybridized carbons (Fsp3) is 0.429. The monoisotopic (exact) mass is 376 g/mol. The highest BCUT2D eigenvalue weighted by Gasteiger charge is 2.12. The lowest BCUT2D eigenvalue weighted by Gasteiger charge is -2.15. The van der Waals surface area contributed by atoms with E-state index in [9.17, 15) is 0 Å². The Morgan fingerprint density at radius 3 is 2.62 bits per heavy atom. The fourth-order valence-electron chi connectivity index (χ4n) is 2.73. The summed E-state index contributed by atoms with van der Waals surface area (Å²) in [5.41, 5.74) is 3.40. The molecule has 0 fully saturated rings. The van der Waals surface area contributed by atoms with Gasteiger partial charge in [-0.05, 0) is 63.8 Å². The van der Waals surface area contributed by atoms with E-state index in [1.165, 1.54) is 5.56 Å². The zero-order valence-electron chi connectivity index (χ0n) is 16.1. The molecule has 2 rings (SSSR count). The normalized spacial score (nSPS) is 11.0. The van der Waals surface area contributed by atoms with E-state index in [4.69, 9.17) is 21.1 Å². The molecule has 0 aliphatic heterocycles. The first-order valence-corrected chi connectivity index (χ1v) is 9.27. The summed E-state index contributed by atoms with van der Waals surface area (Å²) < 4.78 is 11.4. The van der Waals surface area contributed by atoms with Crippen LogP contribution in [0.1, 0.15) is 23.1 Å². The van der Waals surface area contributed by atoms with Gasteiger partial charge in [0.15, 0.2) is 11.5 Å². The maximum atomic E-state index is 6.45. The maximum Gasteiger partial charge on any atom is 0.180 e. The number of nitrogens with zero attached hydrogens (tertiary/aromatic N) is 1. The molecule has 0 radical (unpaired) electrons. The molecule has 1 N–H and O–H groups in total. The van der Waals surface area contributed by atoms with Crippen molar-refractivity contribution in [3.8, 4) is 11.5 Å². The smallest absolute Gasteiger partial charge is 0.180 e. The van der Waals surface area contributed by atoms with Gasteiger partial charge < -0.3 is 19.7 Å². The van der Waals surface area contributed by atoms with Crippen molar-refractivity contribution in [2.24, 2.45) is 0 Å². The number of ether oxygens (including phenoxy) is 2. The van der Waals surface area contributed by atoms with Crippen LogP contribution < -0.4 is 14.8 Å². The summed E-state index contributed by atoms with van der Waals surface area (Å²) in [6.45, 7) is 5.31. The van der Waals surface area contributed by atoms with Crippen LogP contribution in [0, 0.1) is 6.92 Å². The van der Waals surface area contributed by atoms with Crippen molar-refractivity contribution < 1.29 is 9.47 Å². The second-order valence-corrected chi connectivity index (χ2v) is 7.13. The molecule has 0 amide bonds. The first-order chi connectivity index (χ1) is 12.5. The Kier molecular flexibility index (Phi) is 8.23. The summed E-state index contributed by atoms with van der Waals surface area (Å²) in [4.78, 5) is 2.18. The van der Waals surface area contributed by atoms with Crippen molar-refractivity contribution >= 4 is 11.6 Å². The SMILES string of the molecule is COc1cc(CNCCCN(C)C)cc(Cl)c1OCc1cccc(C)c1. The first kappa shape index (κ1) is 20.6. The van der Waals surface area contributed by atoms with Crippen molar-refractivity contribution in [2.45, 2.75) is 26.5 Å². The van der Waals surface area contributed by atoms with E-state index in [0.29, 0.717) is 23.1 Å². The van der Waals surface area contributed by atoms with Crippen LogP contribution >= 0.6 is 11.6 Å². The second kappa shape index (κ2) is 10.4. The van der Waals surface area contributed by atoms with Gasteiger partial charge in [0.2, 0.25) is 0 Å². The Balaban J connectivity index is 1.97. The molecule has 26 heavy (non-hydrogen) atoms. The summed E-state index contributed by atoms with van der Waals surface area (Å²) in [6, 6.07) is 12.2. The highest BCUT2D eigenvalue weighted by Crippen LogP contribution is 2.37. The van der Waals surface area contributed by atoms with Crippen LogP contribution in [0.2, 0.25) is 5.02 Å². The minimum atomic E-state index is 0.458. The lowest BCUT2D eigenvalue weighted by molar-refractivity contribution is 0.284. The Labute approximate surface area is 162 Å². The topological polar surface area (TPSA) is 33.7 Å². The van der Waals surface area contributed by atoms with Crippen LogP contribution in [0.25, 0.3) is 0 Å². The van der Waals surface area contributed by atoms with Gasteiger partial charge in [0.1, 0.15) is 6.61 Å². The van der Waals surface area contributed by atoms with Gasteiger partial charge >= 0.3 is 0 Å². The zero-order valence-corrected chi connectivity index (χ0v) is 16.9. The largest absolute Gasteiger partial charge is 0.493 e.